The van der Waals surface area contributed by atoms with Gasteiger partial charge in [0.25, 0.3) is 5.56 Å². The van der Waals surface area contributed by atoms with Crippen molar-refractivity contribution in [2.75, 3.05) is 0 Å². The van der Waals surface area contributed by atoms with Crippen LogP contribution in [0.25, 0.3) is 0 Å². The molecule has 0 radical (unpaired) electrons. The second-order valence-corrected chi connectivity index (χ2v) is 4.17. The van der Waals surface area contributed by atoms with Crippen LogP contribution in [0.15, 0.2) is 4.79 Å². The Hall–Kier alpha value is -1.12. The Morgan fingerprint density at radius 2 is 2.38 bits per heavy atom. The standard InChI is InChI=1S/C10H12N2O/c1-5-9-7(10(13)12-11-5)3-2-6-4-8(6)9/h6,8H,2-4H2,1H3,(H,12,13). The predicted molar refractivity (Wildman–Crippen MR) is 48.8 cm³/mol. The fraction of sp³-hybridized carbons (Fsp3) is 0.600. The average molecular weight is 176 g/mol. The molecule has 2 aliphatic rings. The number of nitrogens with zero attached hydrogens (tertiary/aromatic N) is 1. The molecule has 2 aliphatic carbocycles. The Bertz CT molecular complexity index is 421. The van der Waals surface area contributed by atoms with E-state index in [9.17, 15) is 4.79 Å². The minimum atomic E-state index is 0.0333. The molecule has 1 N–H and O–H groups in total. The van der Waals surface area contributed by atoms with E-state index in [0.29, 0.717) is 5.92 Å². The van der Waals surface area contributed by atoms with Crippen molar-refractivity contribution >= 4 is 0 Å². The van der Waals surface area contributed by atoms with E-state index in [1.54, 1.807) is 0 Å². The number of fused-ring (bicyclic) bond motifs is 3. The third kappa shape index (κ3) is 0.900. The van der Waals surface area contributed by atoms with Gasteiger partial charge in [-0.2, -0.15) is 5.10 Å². The summed E-state index contributed by atoms with van der Waals surface area (Å²) in [4.78, 5) is 11.5. The topological polar surface area (TPSA) is 45.8 Å². The predicted octanol–water partition coefficient (Wildman–Crippen LogP) is 1.13. The number of aryl methyl sites for hydroxylation is 1. The Morgan fingerprint density at radius 3 is 3.23 bits per heavy atom. The van der Waals surface area contributed by atoms with Crippen molar-refractivity contribution in [3.63, 3.8) is 0 Å². The van der Waals surface area contributed by atoms with Crippen LogP contribution in [-0.2, 0) is 6.42 Å². The Balaban J connectivity index is 2.28. The summed E-state index contributed by atoms with van der Waals surface area (Å²) in [5.74, 6) is 1.52. The third-order valence-electron chi connectivity index (χ3n) is 3.37. The van der Waals surface area contributed by atoms with Crippen molar-refractivity contribution < 1.29 is 0 Å². The maximum absolute atomic E-state index is 11.5. The maximum Gasteiger partial charge on any atom is 0.267 e. The molecule has 0 spiro atoms. The quantitative estimate of drug-likeness (QED) is 0.644. The number of H-pyrrole nitrogens is 1. The van der Waals surface area contributed by atoms with Crippen molar-refractivity contribution in [3.05, 3.63) is 27.2 Å². The summed E-state index contributed by atoms with van der Waals surface area (Å²) in [6.45, 7) is 2.00. The molecule has 0 amide bonds. The van der Waals surface area contributed by atoms with E-state index in [-0.39, 0.29) is 5.56 Å². The fourth-order valence-corrected chi connectivity index (χ4v) is 2.59. The molecule has 0 saturated heterocycles. The zero-order valence-corrected chi connectivity index (χ0v) is 7.63. The van der Waals surface area contributed by atoms with Gasteiger partial charge in [0, 0.05) is 5.56 Å². The van der Waals surface area contributed by atoms with Crippen LogP contribution < -0.4 is 5.56 Å². The van der Waals surface area contributed by atoms with E-state index in [1.165, 1.54) is 18.4 Å². The maximum atomic E-state index is 11.5. The highest BCUT2D eigenvalue weighted by atomic mass is 16.1. The van der Waals surface area contributed by atoms with E-state index >= 15 is 0 Å². The molecule has 3 nitrogen and oxygen atoms in total. The van der Waals surface area contributed by atoms with Gasteiger partial charge in [0.1, 0.15) is 0 Å². The summed E-state index contributed by atoms with van der Waals surface area (Å²) in [6.07, 6.45) is 3.43. The molecular formula is C10H12N2O. The van der Waals surface area contributed by atoms with Crippen molar-refractivity contribution in [2.45, 2.75) is 32.1 Å². The van der Waals surface area contributed by atoms with Gasteiger partial charge in [-0.3, -0.25) is 4.79 Å². The first-order chi connectivity index (χ1) is 6.27. The largest absolute Gasteiger partial charge is 0.268 e. The number of aromatic amines is 1. The van der Waals surface area contributed by atoms with E-state index in [0.717, 1.165) is 23.6 Å². The molecule has 3 rings (SSSR count). The van der Waals surface area contributed by atoms with E-state index in [4.69, 9.17) is 0 Å². The lowest BCUT2D eigenvalue weighted by atomic mass is 9.92. The molecule has 68 valence electrons. The summed E-state index contributed by atoms with van der Waals surface area (Å²) in [5.41, 5.74) is 3.33. The van der Waals surface area contributed by atoms with Crippen molar-refractivity contribution in [1.29, 1.82) is 0 Å². The SMILES string of the molecule is Cc1n[nH]c(=O)c2c1C1CC1CC2. The summed E-state index contributed by atoms with van der Waals surface area (Å²) in [6, 6.07) is 0. The number of nitrogens with one attached hydrogen (secondary N) is 1. The van der Waals surface area contributed by atoms with Crippen LogP contribution in [0, 0.1) is 12.8 Å². The minimum Gasteiger partial charge on any atom is -0.268 e. The highest BCUT2D eigenvalue weighted by Crippen LogP contribution is 2.54. The molecule has 3 heteroatoms. The van der Waals surface area contributed by atoms with Crippen LogP contribution in [0.3, 0.4) is 0 Å². The van der Waals surface area contributed by atoms with Gasteiger partial charge in [0.05, 0.1) is 5.69 Å². The van der Waals surface area contributed by atoms with E-state index < -0.39 is 0 Å². The molecule has 13 heavy (non-hydrogen) atoms. The second-order valence-electron chi connectivity index (χ2n) is 4.17. The molecule has 2 unspecified atom stereocenters. The highest BCUT2D eigenvalue weighted by Gasteiger charge is 2.44. The number of aromatic nitrogens is 2. The molecule has 1 heterocycles. The normalized spacial score (nSPS) is 29.3. The van der Waals surface area contributed by atoms with E-state index in [2.05, 4.69) is 10.2 Å². The lowest BCUT2D eigenvalue weighted by Gasteiger charge is -2.14. The first kappa shape index (κ1) is 7.30. The number of hydrogen-bond acceptors (Lipinski definition) is 2. The Morgan fingerprint density at radius 1 is 1.54 bits per heavy atom. The minimum absolute atomic E-state index is 0.0333. The first-order valence-electron chi connectivity index (χ1n) is 4.85. The zero-order chi connectivity index (χ0) is 9.00. The number of hydrogen-bond donors (Lipinski definition) is 1. The molecule has 1 aromatic rings. The van der Waals surface area contributed by atoms with Gasteiger partial charge in [0.2, 0.25) is 0 Å². The van der Waals surface area contributed by atoms with Crippen molar-refractivity contribution in [3.8, 4) is 0 Å². The van der Waals surface area contributed by atoms with Crippen LogP contribution in [-0.4, -0.2) is 10.2 Å². The first-order valence-corrected chi connectivity index (χ1v) is 4.85. The van der Waals surface area contributed by atoms with Crippen LogP contribution in [0.5, 0.6) is 0 Å². The molecule has 0 aromatic carbocycles. The van der Waals surface area contributed by atoms with Gasteiger partial charge < -0.3 is 0 Å². The van der Waals surface area contributed by atoms with Crippen LogP contribution in [0.1, 0.15) is 35.6 Å². The lowest BCUT2D eigenvalue weighted by molar-refractivity contribution is 0.647. The van der Waals surface area contributed by atoms with Crippen LogP contribution in [0.4, 0.5) is 0 Å². The van der Waals surface area contributed by atoms with E-state index in [1.807, 2.05) is 6.92 Å². The van der Waals surface area contributed by atoms with Gasteiger partial charge in [-0.1, -0.05) is 0 Å². The van der Waals surface area contributed by atoms with Crippen LogP contribution in [0.2, 0.25) is 0 Å². The van der Waals surface area contributed by atoms with Gasteiger partial charge in [-0.15, -0.1) is 0 Å². The fourth-order valence-electron chi connectivity index (χ4n) is 2.59. The molecule has 1 saturated carbocycles. The summed E-state index contributed by atoms with van der Waals surface area (Å²) >= 11 is 0. The lowest BCUT2D eigenvalue weighted by Crippen LogP contribution is -2.21. The van der Waals surface area contributed by atoms with Crippen LogP contribution >= 0.6 is 0 Å². The second kappa shape index (κ2) is 2.22. The van der Waals surface area contributed by atoms with Crippen molar-refractivity contribution in [2.24, 2.45) is 5.92 Å². The Labute approximate surface area is 76.2 Å². The van der Waals surface area contributed by atoms with Gasteiger partial charge >= 0.3 is 0 Å². The van der Waals surface area contributed by atoms with Crippen molar-refractivity contribution in [1.82, 2.24) is 10.2 Å². The zero-order valence-electron chi connectivity index (χ0n) is 7.63. The summed E-state index contributed by atoms with van der Waals surface area (Å²) in [7, 11) is 0. The third-order valence-corrected chi connectivity index (χ3v) is 3.37. The summed E-state index contributed by atoms with van der Waals surface area (Å²) in [5, 5.41) is 6.59. The molecule has 0 aliphatic heterocycles. The Kier molecular flexibility index (Phi) is 1.25. The molecule has 1 fully saturated rings. The molecule has 0 bridgehead atoms. The van der Waals surface area contributed by atoms with Gasteiger partial charge in [-0.05, 0) is 43.6 Å². The number of rotatable bonds is 0. The molecule has 1 aromatic heterocycles. The molecule has 2 atom stereocenters. The highest BCUT2D eigenvalue weighted by molar-refractivity contribution is 5.38. The van der Waals surface area contributed by atoms with Gasteiger partial charge in [-0.25, -0.2) is 5.10 Å². The summed E-state index contributed by atoms with van der Waals surface area (Å²) < 4.78 is 0. The van der Waals surface area contributed by atoms with Gasteiger partial charge in [0.15, 0.2) is 0 Å². The monoisotopic (exact) mass is 176 g/mol. The average Bonchev–Trinajstić information content (AvgIpc) is 2.89. The molecular weight excluding hydrogens is 164 g/mol. The smallest absolute Gasteiger partial charge is 0.267 e.